The second-order valence-electron chi connectivity index (χ2n) is 7.29. The Hall–Kier alpha value is -3.41. The van der Waals surface area contributed by atoms with Crippen LogP contribution in [-0.2, 0) is 0 Å². The lowest BCUT2D eigenvalue weighted by atomic mass is 10.1. The lowest BCUT2D eigenvalue weighted by molar-refractivity contribution is 0.0747. The zero-order valence-corrected chi connectivity index (χ0v) is 16.8. The molecule has 1 fully saturated rings. The highest BCUT2D eigenvalue weighted by Crippen LogP contribution is 2.19. The first kappa shape index (κ1) is 18.9. The van der Waals surface area contributed by atoms with Crippen molar-refractivity contribution >= 4 is 23.2 Å². The average Bonchev–Trinajstić information content (AvgIpc) is 2.74. The zero-order chi connectivity index (χ0) is 20.2. The number of aromatic nitrogens is 2. The van der Waals surface area contributed by atoms with Crippen molar-refractivity contribution in [1.82, 2.24) is 14.9 Å². The second kappa shape index (κ2) is 8.31. The molecule has 6 heteroatoms. The molecular weight excluding hydrogens is 362 g/mol. The summed E-state index contributed by atoms with van der Waals surface area (Å²) in [5, 5.41) is 3.20. The fourth-order valence-corrected chi connectivity index (χ4v) is 3.60. The number of para-hydroxylation sites is 1. The second-order valence-corrected chi connectivity index (χ2v) is 7.29. The minimum absolute atomic E-state index is 0.0758. The summed E-state index contributed by atoms with van der Waals surface area (Å²) in [5.41, 5.74) is 4.61. The minimum Gasteiger partial charge on any atom is -0.368 e. The summed E-state index contributed by atoms with van der Waals surface area (Å²) in [4.78, 5) is 25.9. The van der Waals surface area contributed by atoms with Gasteiger partial charge in [0.1, 0.15) is 0 Å². The lowest BCUT2D eigenvalue weighted by Gasteiger charge is -2.36. The fraction of sp³-hybridized carbons (Fsp3) is 0.261. The fourth-order valence-electron chi connectivity index (χ4n) is 3.60. The maximum absolute atomic E-state index is 12.9. The Morgan fingerprint density at radius 2 is 1.48 bits per heavy atom. The number of aryl methyl sites for hydroxylation is 2. The number of nitrogens with zero attached hydrogens (tertiary/aromatic N) is 4. The molecule has 2 heterocycles. The van der Waals surface area contributed by atoms with E-state index in [9.17, 15) is 4.79 Å². The number of anilines is 3. The first-order chi connectivity index (χ1) is 14.1. The molecule has 6 nitrogen and oxygen atoms in total. The number of hydrogen-bond acceptors (Lipinski definition) is 5. The number of hydrogen-bond donors (Lipinski definition) is 1. The van der Waals surface area contributed by atoms with Crippen LogP contribution in [0.1, 0.15) is 21.7 Å². The maximum Gasteiger partial charge on any atom is 0.253 e. The number of carbonyl (C=O) groups is 1. The first-order valence-corrected chi connectivity index (χ1v) is 9.87. The van der Waals surface area contributed by atoms with Gasteiger partial charge in [-0.3, -0.25) is 4.79 Å². The van der Waals surface area contributed by atoms with Crippen LogP contribution in [-0.4, -0.2) is 47.0 Å². The van der Waals surface area contributed by atoms with Crippen molar-refractivity contribution in [2.75, 3.05) is 36.4 Å². The van der Waals surface area contributed by atoms with Gasteiger partial charge < -0.3 is 15.1 Å². The predicted molar refractivity (Wildman–Crippen MR) is 116 cm³/mol. The van der Waals surface area contributed by atoms with Crippen LogP contribution in [0.4, 0.5) is 17.3 Å². The van der Waals surface area contributed by atoms with Crippen molar-refractivity contribution < 1.29 is 4.79 Å². The molecule has 0 bridgehead atoms. The summed E-state index contributed by atoms with van der Waals surface area (Å²) in [6.45, 7) is 7.03. The van der Waals surface area contributed by atoms with Gasteiger partial charge in [0, 0.05) is 54.5 Å². The molecule has 1 N–H and O–H groups in total. The maximum atomic E-state index is 12.9. The van der Waals surface area contributed by atoms with E-state index in [1.165, 1.54) is 5.69 Å². The van der Waals surface area contributed by atoms with E-state index in [4.69, 9.17) is 0 Å². The Kier molecular flexibility index (Phi) is 5.42. The van der Waals surface area contributed by atoms with Crippen molar-refractivity contribution in [1.29, 1.82) is 0 Å². The summed E-state index contributed by atoms with van der Waals surface area (Å²) < 4.78 is 0. The van der Waals surface area contributed by atoms with Crippen LogP contribution >= 0.6 is 0 Å². The number of rotatable bonds is 4. The van der Waals surface area contributed by atoms with Crippen molar-refractivity contribution in [3.63, 3.8) is 0 Å². The van der Waals surface area contributed by atoms with E-state index in [1.807, 2.05) is 67.3 Å². The molecule has 29 heavy (non-hydrogen) atoms. The van der Waals surface area contributed by atoms with Crippen LogP contribution in [0.5, 0.6) is 0 Å². The molecule has 0 radical (unpaired) electrons. The Balaban J connectivity index is 1.37. The smallest absolute Gasteiger partial charge is 0.253 e. The third kappa shape index (κ3) is 4.54. The van der Waals surface area contributed by atoms with Crippen LogP contribution in [0.2, 0.25) is 0 Å². The quantitative estimate of drug-likeness (QED) is 0.738. The van der Waals surface area contributed by atoms with E-state index in [2.05, 4.69) is 32.3 Å². The molecule has 1 aliphatic heterocycles. The van der Waals surface area contributed by atoms with Crippen LogP contribution in [0.25, 0.3) is 0 Å². The summed E-state index contributed by atoms with van der Waals surface area (Å²) in [6.07, 6.45) is 0. The Morgan fingerprint density at radius 3 is 2.10 bits per heavy atom. The number of amides is 1. The number of benzene rings is 2. The van der Waals surface area contributed by atoms with Crippen LogP contribution in [0.15, 0.2) is 60.7 Å². The standard InChI is InChI=1S/C23H25N5O/c1-17-16-18(2)25-23(24-17)26-20-10-8-19(9-11-20)22(29)28-14-12-27(13-15-28)21-6-4-3-5-7-21/h3-11,16H,12-15H2,1-2H3,(H,24,25,26). The highest BCUT2D eigenvalue weighted by molar-refractivity contribution is 5.94. The van der Waals surface area contributed by atoms with Crippen LogP contribution < -0.4 is 10.2 Å². The molecule has 0 aliphatic carbocycles. The molecule has 0 saturated carbocycles. The number of nitrogens with one attached hydrogen (secondary N) is 1. The van der Waals surface area contributed by atoms with Gasteiger partial charge in [-0.25, -0.2) is 9.97 Å². The normalized spacial score (nSPS) is 14.0. The SMILES string of the molecule is Cc1cc(C)nc(Nc2ccc(C(=O)N3CCN(c4ccccc4)CC3)cc2)n1. The third-order valence-corrected chi connectivity index (χ3v) is 5.06. The molecule has 0 atom stereocenters. The molecule has 0 unspecified atom stereocenters. The van der Waals surface area contributed by atoms with Crippen molar-refractivity contribution in [2.45, 2.75) is 13.8 Å². The molecule has 0 spiro atoms. The highest BCUT2D eigenvalue weighted by Gasteiger charge is 2.22. The molecule has 3 aromatic rings. The lowest BCUT2D eigenvalue weighted by Crippen LogP contribution is -2.48. The van der Waals surface area contributed by atoms with Crippen molar-refractivity contribution in [2.24, 2.45) is 0 Å². The summed E-state index contributed by atoms with van der Waals surface area (Å²) in [5.74, 6) is 0.644. The Bertz CT molecular complexity index is 960. The van der Waals surface area contributed by atoms with E-state index in [-0.39, 0.29) is 5.91 Å². The predicted octanol–water partition coefficient (Wildman–Crippen LogP) is 3.80. The van der Waals surface area contributed by atoms with Gasteiger partial charge in [0.2, 0.25) is 5.95 Å². The average molecular weight is 387 g/mol. The van der Waals surface area contributed by atoms with E-state index >= 15 is 0 Å². The monoisotopic (exact) mass is 387 g/mol. The van der Waals surface area contributed by atoms with Gasteiger partial charge >= 0.3 is 0 Å². The van der Waals surface area contributed by atoms with E-state index in [0.29, 0.717) is 11.5 Å². The van der Waals surface area contributed by atoms with Gasteiger partial charge in [0.25, 0.3) is 5.91 Å². The van der Waals surface area contributed by atoms with Gasteiger partial charge in [0.15, 0.2) is 0 Å². The van der Waals surface area contributed by atoms with Crippen molar-refractivity contribution in [3.8, 4) is 0 Å². The van der Waals surface area contributed by atoms with Gasteiger partial charge in [0.05, 0.1) is 0 Å². The zero-order valence-electron chi connectivity index (χ0n) is 16.8. The van der Waals surface area contributed by atoms with E-state index in [0.717, 1.165) is 43.3 Å². The molecule has 148 valence electrons. The Morgan fingerprint density at radius 1 is 0.862 bits per heavy atom. The summed E-state index contributed by atoms with van der Waals surface area (Å²) >= 11 is 0. The largest absolute Gasteiger partial charge is 0.368 e. The van der Waals surface area contributed by atoms with Crippen LogP contribution in [0.3, 0.4) is 0 Å². The molecule has 4 rings (SSSR count). The molecule has 1 amide bonds. The molecular formula is C23H25N5O. The van der Waals surface area contributed by atoms with Gasteiger partial charge in [-0.2, -0.15) is 0 Å². The summed E-state index contributed by atoms with van der Waals surface area (Å²) in [6, 6.07) is 19.8. The van der Waals surface area contributed by atoms with E-state index in [1.54, 1.807) is 0 Å². The third-order valence-electron chi connectivity index (χ3n) is 5.06. The molecule has 2 aromatic carbocycles. The van der Waals surface area contributed by atoms with Crippen molar-refractivity contribution in [3.05, 3.63) is 77.6 Å². The topological polar surface area (TPSA) is 61.4 Å². The Labute approximate surface area is 171 Å². The number of carbonyl (C=O) groups excluding carboxylic acids is 1. The van der Waals surface area contributed by atoms with Crippen LogP contribution in [0, 0.1) is 13.8 Å². The summed E-state index contributed by atoms with van der Waals surface area (Å²) in [7, 11) is 0. The van der Waals surface area contributed by atoms with E-state index < -0.39 is 0 Å². The molecule has 1 saturated heterocycles. The molecule has 1 aliphatic rings. The van der Waals surface area contributed by atoms with Gasteiger partial charge in [-0.15, -0.1) is 0 Å². The highest BCUT2D eigenvalue weighted by atomic mass is 16.2. The van der Waals surface area contributed by atoms with Gasteiger partial charge in [-0.05, 0) is 56.3 Å². The number of piperazine rings is 1. The minimum atomic E-state index is 0.0758. The molecule has 1 aromatic heterocycles. The van der Waals surface area contributed by atoms with Gasteiger partial charge in [-0.1, -0.05) is 18.2 Å². The first-order valence-electron chi connectivity index (χ1n) is 9.87.